The van der Waals surface area contributed by atoms with Gasteiger partial charge in [-0.05, 0) is 36.4 Å². The molecule has 5 rings (SSSR count). The SMILES string of the molecule is O=C(Nc1ccncc1)Nc1ccc(-c2nc(OC3CNC3)nc(N3CCOCC3)n2)cc1. The van der Waals surface area contributed by atoms with Gasteiger partial charge in [-0.15, -0.1) is 0 Å². The van der Waals surface area contributed by atoms with Crippen molar-refractivity contribution < 1.29 is 14.3 Å². The van der Waals surface area contributed by atoms with Crippen molar-refractivity contribution in [3.05, 3.63) is 48.8 Å². The van der Waals surface area contributed by atoms with Gasteiger partial charge in [0.2, 0.25) is 5.95 Å². The molecule has 0 bridgehead atoms. The van der Waals surface area contributed by atoms with Gasteiger partial charge < -0.3 is 30.3 Å². The number of urea groups is 1. The predicted molar refractivity (Wildman–Crippen MR) is 122 cm³/mol. The molecular formula is C22H24N8O3. The van der Waals surface area contributed by atoms with Gasteiger partial charge in [0.1, 0.15) is 6.10 Å². The molecule has 0 saturated carbocycles. The van der Waals surface area contributed by atoms with Crippen LogP contribution in [0.25, 0.3) is 11.4 Å². The number of amides is 2. The maximum absolute atomic E-state index is 12.2. The molecule has 33 heavy (non-hydrogen) atoms. The highest BCUT2D eigenvalue weighted by Crippen LogP contribution is 2.24. The monoisotopic (exact) mass is 448 g/mol. The van der Waals surface area contributed by atoms with Gasteiger partial charge in [0.15, 0.2) is 5.82 Å². The van der Waals surface area contributed by atoms with Crippen LogP contribution in [-0.2, 0) is 4.74 Å². The molecule has 11 heteroatoms. The van der Waals surface area contributed by atoms with Gasteiger partial charge in [-0.3, -0.25) is 4.98 Å². The van der Waals surface area contributed by atoms with Crippen molar-refractivity contribution in [2.75, 3.05) is 54.9 Å². The van der Waals surface area contributed by atoms with E-state index in [2.05, 4.69) is 40.8 Å². The molecule has 2 aromatic heterocycles. The summed E-state index contributed by atoms with van der Waals surface area (Å²) in [5.41, 5.74) is 2.10. The van der Waals surface area contributed by atoms with Crippen LogP contribution in [0.15, 0.2) is 48.8 Å². The van der Waals surface area contributed by atoms with Crippen molar-refractivity contribution in [2.24, 2.45) is 0 Å². The van der Waals surface area contributed by atoms with Crippen LogP contribution < -0.4 is 25.6 Å². The van der Waals surface area contributed by atoms with Crippen LogP contribution in [-0.4, -0.2) is 71.5 Å². The lowest BCUT2D eigenvalue weighted by molar-refractivity contribution is 0.120. The Balaban J connectivity index is 1.32. The minimum Gasteiger partial charge on any atom is -0.457 e. The topological polar surface area (TPSA) is 126 Å². The van der Waals surface area contributed by atoms with Crippen molar-refractivity contribution in [1.82, 2.24) is 25.3 Å². The molecule has 4 heterocycles. The van der Waals surface area contributed by atoms with Gasteiger partial charge in [0.25, 0.3) is 0 Å². The van der Waals surface area contributed by atoms with E-state index < -0.39 is 0 Å². The fraction of sp³-hybridized carbons (Fsp3) is 0.318. The molecule has 0 radical (unpaired) electrons. The Labute approximate surface area is 190 Å². The number of hydrogen-bond donors (Lipinski definition) is 3. The third kappa shape index (κ3) is 5.33. The van der Waals surface area contributed by atoms with E-state index in [0.29, 0.717) is 55.5 Å². The van der Waals surface area contributed by atoms with Gasteiger partial charge in [-0.1, -0.05) is 0 Å². The lowest BCUT2D eigenvalue weighted by Gasteiger charge is -2.29. The molecule has 2 aliphatic heterocycles. The van der Waals surface area contributed by atoms with Crippen LogP contribution in [0.1, 0.15) is 0 Å². The first-order valence-electron chi connectivity index (χ1n) is 10.8. The predicted octanol–water partition coefficient (Wildman–Crippen LogP) is 1.76. The number of aromatic nitrogens is 4. The van der Waals surface area contributed by atoms with E-state index in [4.69, 9.17) is 9.47 Å². The van der Waals surface area contributed by atoms with Crippen LogP contribution in [0, 0.1) is 0 Å². The fourth-order valence-corrected chi connectivity index (χ4v) is 3.36. The van der Waals surface area contributed by atoms with Crippen LogP contribution in [0.2, 0.25) is 0 Å². The number of nitrogens with zero attached hydrogens (tertiary/aromatic N) is 5. The third-order valence-electron chi connectivity index (χ3n) is 5.25. The van der Waals surface area contributed by atoms with Gasteiger partial charge in [-0.2, -0.15) is 15.0 Å². The number of hydrogen-bond acceptors (Lipinski definition) is 9. The Bertz CT molecular complexity index is 1090. The van der Waals surface area contributed by atoms with E-state index in [1.807, 2.05) is 12.1 Å². The highest BCUT2D eigenvalue weighted by Gasteiger charge is 2.23. The number of nitrogens with one attached hydrogen (secondary N) is 3. The highest BCUT2D eigenvalue weighted by molar-refractivity contribution is 5.99. The quantitative estimate of drug-likeness (QED) is 0.517. The second kappa shape index (κ2) is 9.76. The lowest BCUT2D eigenvalue weighted by Crippen LogP contribution is -2.50. The normalized spacial score (nSPS) is 16.1. The van der Waals surface area contributed by atoms with Crippen molar-refractivity contribution in [3.63, 3.8) is 0 Å². The molecule has 0 unspecified atom stereocenters. The Kier molecular flexibility index (Phi) is 6.22. The van der Waals surface area contributed by atoms with Crippen LogP contribution in [0.4, 0.5) is 22.1 Å². The number of benzene rings is 1. The summed E-state index contributed by atoms with van der Waals surface area (Å²) < 4.78 is 11.4. The fourth-order valence-electron chi connectivity index (χ4n) is 3.36. The highest BCUT2D eigenvalue weighted by atomic mass is 16.5. The van der Waals surface area contributed by atoms with Crippen molar-refractivity contribution in [2.45, 2.75) is 6.10 Å². The molecule has 170 valence electrons. The first-order valence-corrected chi connectivity index (χ1v) is 10.8. The van der Waals surface area contributed by atoms with Gasteiger partial charge in [-0.25, -0.2) is 4.79 Å². The van der Waals surface area contributed by atoms with Crippen molar-refractivity contribution in [1.29, 1.82) is 0 Å². The van der Waals surface area contributed by atoms with Gasteiger partial charge in [0, 0.05) is 55.5 Å². The Hall–Kier alpha value is -3.83. The number of anilines is 3. The molecule has 11 nitrogen and oxygen atoms in total. The summed E-state index contributed by atoms with van der Waals surface area (Å²) in [5.74, 6) is 1.09. The molecule has 0 spiro atoms. The minimum atomic E-state index is -0.339. The minimum absolute atomic E-state index is 0.0586. The largest absolute Gasteiger partial charge is 0.457 e. The number of carbonyl (C=O) groups excluding carboxylic acids is 1. The molecule has 3 aromatic rings. The summed E-state index contributed by atoms with van der Waals surface area (Å²) in [6.07, 6.45) is 3.29. The number of morpholine rings is 1. The average molecular weight is 448 g/mol. The molecular weight excluding hydrogens is 424 g/mol. The smallest absolute Gasteiger partial charge is 0.323 e. The number of rotatable bonds is 6. The van der Waals surface area contributed by atoms with E-state index in [1.165, 1.54) is 0 Å². The average Bonchev–Trinajstić information content (AvgIpc) is 2.83. The lowest BCUT2D eigenvalue weighted by atomic mass is 10.2. The molecule has 0 aliphatic carbocycles. The molecule has 2 fully saturated rings. The first kappa shape index (κ1) is 21.0. The zero-order valence-corrected chi connectivity index (χ0v) is 17.9. The number of carbonyl (C=O) groups is 1. The van der Waals surface area contributed by atoms with E-state index in [-0.39, 0.29) is 12.1 Å². The van der Waals surface area contributed by atoms with Crippen LogP contribution in [0.5, 0.6) is 6.01 Å². The molecule has 2 saturated heterocycles. The summed E-state index contributed by atoms with van der Waals surface area (Å²) in [5, 5.41) is 8.74. The zero-order chi connectivity index (χ0) is 22.5. The van der Waals surface area contributed by atoms with Crippen molar-refractivity contribution >= 4 is 23.4 Å². The van der Waals surface area contributed by atoms with Crippen LogP contribution >= 0.6 is 0 Å². The summed E-state index contributed by atoms with van der Waals surface area (Å²) in [4.78, 5) is 32.0. The maximum atomic E-state index is 12.2. The second-order valence-electron chi connectivity index (χ2n) is 7.63. The summed E-state index contributed by atoms with van der Waals surface area (Å²) >= 11 is 0. The molecule has 2 aliphatic rings. The molecule has 1 aromatic carbocycles. The van der Waals surface area contributed by atoms with E-state index in [1.54, 1.807) is 36.7 Å². The zero-order valence-electron chi connectivity index (χ0n) is 17.9. The van der Waals surface area contributed by atoms with E-state index in [0.717, 1.165) is 18.7 Å². The summed E-state index contributed by atoms with van der Waals surface area (Å²) in [6, 6.07) is 10.7. The molecule has 2 amide bonds. The first-order chi connectivity index (χ1) is 16.2. The van der Waals surface area contributed by atoms with Gasteiger partial charge in [0.05, 0.1) is 13.2 Å². The maximum Gasteiger partial charge on any atom is 0.323 e. The van der Waals surface area contributed by atoms with Gasteiger partial charge >= 0.3 is 12.0 Å². The van der Waals surface area contributed by atoms with E-state index in [9.17, 15) is 4.79 Å². The third-order valence-corrected chi connectivity index (χ3v) is 5.25. The number of pyridine rings is 1. The number of ether oxygens (including phenoxy) is 2. The van der Waals surface area contributed by atoms with E-state index >= 15 is 0 Å². The van der Waals surface area contributed by atoms with Crippen LogP contribution in [0.3, 0.4) is 0 Å². The second-order valence-corrected chi connectivity index (χ2v) is 7.63. The molecule has 3 N–H and O–H groups in total. The molecule has 0 atom stereocenters. The summed E-state index contributed by atoms with van der Waals surface area (Å²) in [7, 11) is 0. The Morgan fingerprint density at radius 2 is 1.67 bits per heavy atom. The Morgan fingerprint density at radius 1 is 0.970 bits per heavy atom. The summed E-state index contributed by atoms with van der Waals surface area (Å²) in [6.45, 7) is 4.23. The van der Waals surface area contributed by atoms with Crippen molar-refractivity contribution in [3.8, 4) is 17.4 Å². The standard InChI is InChI=1S/C22H24N8O3/c31-21(26-17-5-7-23-8-6-17)25-16-3-1-15(2-4-16)19-27-20(30-9-11-32-12-10-30)29-22(28-19)33-18-13-24-14-18/h1-8,18,24H,9-14H2,(H2,23,25,26,31). The Morgan fingerprint density at radius 3 is 2.33 bits per heavy atom.